The first-order chi connectivity index (χ1) is 6.28. The van der Waals surface area contributed by atoms with Crippen molar-refractivity contribution in [2.24, 2.45) is 17.8 Å². The SMILES string of the molecule is COC1(OC)[C@@H]2C=C[C@H]1C[C@H]2CO. The molecule has 1 fully saturated rings. The lowest BCUT2D eigenvalue weighted by Crippen LogP contribution is -2.40. The van der Waals surface area contributed by atoms with Crippen LogP contribution in [0.4, 0.5) is 0 Å². The van der Waals surface area contributed by atoms with Crippen LogP contribution >= 0.6 is 0 Å². The zero-order valence-electron chi connectivity index (χ0n) is 8.06. The summed E-state index contributed by atoms with van der Waals surface area (Å²) in [6.07, 6.45) is 5.23. The number of fused-ring (bicyclic) bond motifs is 2. The molecular formula is C10H16O3. The summed E-state index contributed by atoms with van der Waals surface area (Å²) in [5, 5.41) is 9.17. The van der Waals surface area contributed by atoms with E-state index in [9.17, 15) is 0 Å². The van der Waals surface area contributed by atoms with Gasteiger partial charge in [0.15, 0.2) is 5.79 Å². The second kappa shape index (κ2) is 3.08. The molecule has 3 heteroatoms. The van der Waals surface area contributed by atoms with Crippen molar-refractivity contribution in [3.05, 3.63) is 12.2 Å². The van der Waals surface area contributed by atoms with Crippen LogP contribution in [0.3, 0.4) is 0 Å². The molecule has 2 bridgehead atoms. The molecule has 0 spiro atoms. The number of aliphatic hydroxyl groups is 1. The molecule has 0 aromatic rings. The Morgan fingerprint density at radius 2 is 2.08 bits per heavy atom. The number of methoxy groups -OCH3 is 2. The Bertz CT molecular complexity index is 220. The molecule has 0 aromatic heterocycles. The van der Waals surface area contributed by atoms with Crippen LogP contribution in [0.5, 0.6) is 0 Å². The van der Waals surface area contributed by atoms with E-state index in [0.717, 1.165) is 6.42 Å². The highest BCUT2D eigenvalue weighted by Crippen LogP contribution is 2.52. The molecule has 1 N–H and O–H groups in total. The van der Waals surface area contributed by atoms with E-state index in [2.05, 4.69) is 12.2 Å². The van der Waals surface area contributed by atoms with Crippen LogP contribution in [-0.2, 0) is 9.47 Å². The summed E-state index contributed by atoms with van der Waals surface area (Å²) < 4.78 is 10.9. The smallest absolute Gasteiger partial charge is 0.180 e. The van der Waals surface area contributed by atoms with Gasteiger partial charge in [-0.1, -0.05) is 12.2 Å². The van der Waals surface area contributed by atoms with Gasteiger partial charge in [0.1, 0.15) is 0 Å². The van der Waals surface area contributed by atoms with Crippen molar-refractivity contribution in [1.29, 1.82) is 0 Å². The van der Waals surface area contributed by atoms with Crippen molar-refractivity contribution in [3.8, 4) is 0 Å². The van der Waals surface area contributed by atoms with Crippen molar-refractivity contribution in [2.75, 3.05) is 20.8 Å². The summed E-state index contributed by atoms with van der Waals surface area (Å²) in [5.41, 5.74) is 0. The third-order valence-electron chi connectivity index (χ3n) is 3.47. The summed E-state index contributed by atoms with van der Waals surface area (Å²) in [4.78, 5) is 0. The number of hydrogen-bond acceptors (Lipinski definition) is 3. The van der Waals surface area contributed by atoms with Crippen molar-refractivity contribution >= 4 is 0 Å². The van der Waals surface area contributed by atoms with E-state index in [1.54, 1.807) is 14.2 Å². The molecule has 0 heterocycles. The minimum Gasteiger partial charge on any atom is -0.396 e. The van der Waals surface area contributed by atoms with Crippen LogP contribution in [0.2, 0.25) is 0 Å². The van der Waals surface area contributed by atoms with E-state index < -0.39 is 5.79 Å². The predicted octanol–water partition coefficient (Wildman–Crippen LogP) is 0.790. The van der Waals surface area contributed by atoms with Gasteiger partial charge in [-0.15, -0.1) is 0 Å². The number of rotatable bonds is 3. The fourth-order valence-corrected chi connectivity index (χ4v) is 2.82. The summed E-state index contributed by atoms with van der Waals surface area (Å²) in [6, 6.07) is 0. The molecule has 0 saturated heterocycles. The molecule has 3 atom stereocenters. The van der Waals surface area contributed by atoms with Gasteiger partial charge in [0.25, 0.3) is 0 Å². The van der Waals surface area contributed by atoms with Gasteiger partial charge in [0.05, 0.1) is 0 Å². The second-order valence-corrected chi connectivity index (χ2v) is 3.83. The molecular weight excluding hydrogens is 168 g/mol. The predicted molar refractivity (Wildman–Crippen MR) is 48.1 cm³/mol. The lowest BCUT2D eigenvalue weighted by atomic mass is 9.94. The maximum atomic E-state index is 9.17. The zero-order chi connectivity index (χ0) is 9.47. The molecule has 0 radical (unpaired) electrons. The largest absolute Gasteiger partial charge is 0.396 e. The highest BCUT2D eigenvalue weighted by atomic mass is 16.7. The fraction of sp³-hybridized carbons (Fsp3) is 0.800. The van der Waals surface area contributed by atoms with E-state index >= 15 is 0 Å². The highest BCUT2D eigenvalue weighted by Gasteiger charge is 2.57. The van der Waals surface area contributed by atoms with Gasteiger partial charge in [-0.3, -0.25) is 0 Å². The molecule has 0 aromatic carbocycles. The Hall–Kier alpha value is -0.380. The lowest BCUT2D eigenvalue weighted by molar-refractivity contribution is -0.232. The van der Waals surface area contributed by atoms with E-state index in [0.29, 0.717) is 11.8 Å². The van der Waals surface area contributed by atoms with Crippen molar-refractivity contribution in [1.82, 2.24) is 0 Å². The third kappa shape index (κ3) is 1.01. The second-order valence-electron chi connectivity index (χ2n) is 3.83. The van der Waals surface area contributed by atoms with Crippen LogP contribution in [0.1, 0.15) is 6.42 Å². The molecule has 2 rings (SSSR count). The van der Waals surface area contributed by atoms with Gasteiger partial charge in [-0.25, -0.2) is 0 Å². The van der Waals surface area contributed by atoms with Crippen molar-refractivity contribution in [3.63, 3.8) is 0 Å². The monoisotopic (exact) mass is 184 g/mol. The highest BCUT2D eigenvalue weighted by molar-refractivity contribution is 5.19. The molecule has 2 aliphatic rings. The average Bonchev–Trinajstić information content (AvgIpc) is 2.69. The van der Waals surface area contributed by atoms with Crippen LogP contribution in [-0.4, -0.2) is 31.7 Å². The molecule has 0 amide bonds. The Labute approximate surface area is 78.3 Å². The van der Waals surface area contributed by atoms with Crippen LogP contribution in [0, 0.1) is 17.8 Å². The van der Waals surface area contributed by atoms with Crippen molar-refractivity contribution < 1.29 is 14.6 Å². The normalized spacial score (nSPS) is 40.1. The molecule has 74 valence electrons. The van der Waals surface area contributed by atoms with Crippen molar-refractivity contribution in [2.45, 2.75) is 12.2 Å². The van der Waals surface area contributed by atoms with Gasteiger partial charge >= 0.3 is 0 Å². The van der Waals surface area contributed by atoms with E-state index in [-0.39, 0.29) is 12.5 Å². The molecule has 0 unspecified atom stereocenters. The standard InChI is InChI=1S/C10H16O3/c1-12-10(13-2)8-3-4-9(10)7(5-8)6-11/h3-4,7-9,11H,5-6H2,1-2H3/t7-,8-,9+/m0/s1. The van der Waals surface area contributed by atoms with Gasteiger partial charge in [0, 0.05) is 32.7 Å². The molecule has 2 aliphatic carbocycles. The number of ether oxygens (including phenoxy) is 2. The average molecular weight is 184 g/mol. The minimum atomic E-state index is -0.493. The zero-order valence-corrected chi connectivity index (χ0v) is 8.06. The van der Waals surface area contributed by atoms with Gasteiger partial charge in [-0.2, -0.15) is 0 Å². The Morgan fingerprint density at radius 3 is 2.46 bits per heavy atom. The van der Waals surface area contributed by atoms with Crippen LogP contribution in [0.15, 0.2) is 12.2 Å². The summed E-state index contributed by atoms with van der Waals surface area (Å²) in [6.45, 7) is 0.222. The van der Waals surface area contributed by atoms with Gasteiger partial charge < -0.3 is 14.6 Å². The maximum absolute atomic E-state index is 9.17. The van der Waals surface area contributed by atoms with E-state index in [1.165, 1.54) is 0 Å². The molecule has 1 saturated carbocycles. The first-order valence-electron chi connectivity index (χ1n) is 4.68. The van der Waals surface area contributed by atoms with E-state index in [4.69, 9.17) is 14.6 Å². The van der Waals surface area contributed by atoms with Gasteiger partial charge in [-0.05, 0) is 12.3 Å². The summed E-state index contributed by atoms with van der Waals surface area (Å²) >= 11 is 0. The molecule has 0 aliphatic heterocycles. The first kappa shape index (κ1) is 9.19. The number of hydrogen-bond donors (Lipinski definition) is 1. The number of aliphatic hydroxyl groups excluding tert-OH is 1. The topological polar surface area (TPSA) is 38.7 Å². The lowest BCUT2D eigenvalue weighted by Gasteiger charge is -2.32. The Kier molecular flexibility index (Phi) is 2.18. The third-order valence-corrected chi connectivity index (χ3v) is 3.47. The molecule has 3 nitrogen and oxygen atoms in total. The van der Waals surface area contributed by atoms with Crippen LogP contribution < -0.4 is 0 Å². The fourth-order valence-electron chi connectivity index (χ4n) is 2.82. The van der Waals surface area contributed by atoms with Crippen LogP contribution in [0.25, 0.3) is 0 Å². The Morgan fingerprint density at radius 1 is 1.38 bits per heavy atom. The molecule has 13 heavy (non-hydrogen) atoms. The van der Waals surface area contributed by atoms with E-state index in [1.807, 2.05) is 0 Å². The van der Waals surface area contributed by atoms with Gasteiger partial charge in [0.2, 0.25) is 0 Å². The summed E-state index contributed by atoms with van der Waals surface area (Å²) in [5.74, 6) is 0.338. The first-order valence-corrected chi connectivity index (χ1v) is 4.68. The quantitative estimate of drug-likeness (QED) is 0.520. The summed E-state index contributed by atoms with van der Waals surface area (Å²) in [7, 11) is 3.35. The minimum absolute atomic E-state index is 0.220. The maximum Gasteiger partial charge on any atom is 0.180 e. The Balaban J connectivity index is 2.26.